The second-order valence-electron chi connectivity index (χ2n) is 4.14. The van der Waals surface area contributed by atoms with E-state index in [0.29, 0.717) is 12.8 Å². The lowest BCUT2D eigenvalue weighted by Crippen LogP contribution is -2.20. The molecule has 1 heterocycles. The van der Waals surface area contributed by atoms with Crippen LogP contribution in [0.4, 0.5) is 5.69 Å². The van der Waals surface area contributed by atoms with Crippen molar-refractivity contribution < 1.29 is 9.59 Å². The van der Waals surface area contributed by atoms with Gasteiger partial charge >= 0.3 is 0 Å². The van der Waals surface area contributed by atoms with Crippen LogP contribution >= 0.6 is 11.8 Å². The lowest BCUT2D eigenvalue weighted by atomic mass is 10.0. The van der Waals surface area contributed by atoms with Crippen molar-refractivity contribution in [2.45, 2.75) is 12.8 Å². The molecule has 2 rings (SSSR count). The molecule has 0 saturated heterocycles. The number of carbonyl (C=O) groups excluding carboxylic acids is 2. The van der Waals surface area contributed by atoms with Gasteiger partial charge in [0.05, 0.1) is 6.42 Å². The molecular formula is C13H15NO2S. The van der Waals surface area contributed by atoms with Crippen LogP contribution in [0.3, 0.4) is 0 Å². The highest BCUT2D eigenvalue weighted by molar-refractivity contribution is 7.98. The number of amides is 1. The summed E-state index contributed by atoms with van der Waals surface area (Å²) < 4.78 is 0. The highest BCUT2D eigenvalue weighted by atomic mass is 32.2. The minimum atomic E-state index is 0.0914. The summed E-state index contributed by atoms with van der Waals surface area (Å²) in [6, 6.07) is 5.54. The van der Waals surface area contributed by atoms with E-state index in [-0.39, 0.29) is 11.7 Å². The van der Waals surface area contributed by atoms with Crippen LogP contribution in [0.5, 0.6) is 0 Å². The van der Waals surface area contributed by atoms with Gasteiger partial charge in [-0.15, -0.1) is 0 Å². The first kappa shape index (κ1) is 12.2. The number of anilines is 1. The number of fused-ring (bicyclic) bond motifs is 1. The van der Waals surface area contributed by atoms with Gasteiger partial charge in [-0.25, -0.2) is 0 Å². The maximum atomic E-state index is 11.9. The molecule has 0 aromatic heterocycles. The average Bonchev–Trinajstić information content (AvgIpc) is 2.61. The first-order valence-electron chi connectivity index (χ1n) is 5.55. The summed E-state index contributed by atoms with van der Waals surface area (Å²) in [6.45, 7) is 0. The number of rotatable bonds is 4. The van der Waals surface area contributed by atoms with Crippen LogP contribution in [0.2, 0.25) is 0 Å². The molecule has 3 nitrogen and oxygen atoms in total. The fourth-order valence-corrected chi connectivity index (χ4v) is 2.37. The Morgan fingerprint density at radius 2 is 2.24 bits per heavy atom. The summed E-state index contributed by atoms with van der Waals surface area (Å²) in [5.41, 5.74) is 2.62. The maximum absolute atomic E-state index is 11.9. The predicted octanol–water partition coefficient (Wildman–Crippen LogP) is 2.14. The Kier molecular flexibility index (Phi) is 3.52. The third-order valence-electron chi connectivity index (χ3n) is 3.01. The van der Waals surface area contributed by atoms with Crippen molar-refractivity contribution in [3.63, 3.8) is 0 Å². The third kappa shape index (κ3) is 2.36. The van der Waals surface area contributed by atoms with E-state index in [2.05, 4.69) is 0 Å². The summed E-state index contributed by atoms with van der Waals surface area (Å²) in [5.74, 6) is 1.09. The zero-order valence-corrected chi connectivity index (χ0v) is 10.8. The number of likely N-dealkylation sites (N-methyl/N-ethyl adjacent to an activating group) is 1. The van der Waals surface area contributed by atoms with E-state index in [9.17, 15) is 9.59 Å². The van der Waals surface area contributed by atoms with E-state index in [1.165, 1.54) is 0 Å². The van der Waals surface area contributed by atoms with Gasteiger partial charge < -0.3 is 4.90 Å². The van der Waals surface area contributed by atoms with Gasteiger partial charge in [0.15, 0.2) is 5.78 Å². The van der Waals surface area contributed by atoms with Crippen LogP contribution in [0.25, 0.3) is 0 Å². The van der Waals surface area contributed by atoms with Crippen molar-refractivity contribution in [3.05, 3.63) is 29.3 Å². The van der Waals surface area contributed by atoms with E-state index >= 15 is 0 Å². The largest absolute Gasteiger partial charge is 0.315 e. The number of nitrogens with zero attached hydrogens (tertiary/aromatic N) is 1. The first-order valence-corrected chi connectivity index (χ1v) is 6.94. The van der Waals surface area contributed by atoms with Crippen LogP contribution in [-0.2, 0) is 11.2 Å². The van der Waals surface area contributed by atoms with Crippen molar-refractivity contribution in [2.24, 2.45) is 0 Å². The molecule has 0 atom stereocenters. The van der Waals surface area contributed by atoms with Gasteiger partial charge in [-0.1, -0.05) is 0 Å². The molecule has 4 heteroatoms. The number of carbonyl (C=O) groups is 2. The zero-order valence-electron chi connectivity index (χ0n) is 10.0. The van der Waals surface area contributed by atoms with Crippen molar-refractivity contribution in [2.75, 3.05) is 24.0 Å². The average molecular weight is 249 g/mol. The molecule has 90 valence electrons. The molecule has 1 aliphatic rings. The quantitative estimate of drug-likeness (QED) is 0.767. The Morgan fingerprint density at radius 1 is 1.47 bits per heavy atom. The standard InChI is InChI=1S/C13H15NO2S/c1-14-11-4-3-9(12(15)5-6-17-2)7-10(11)8-13(14)16/h3-4,7H,5-6,8H2,1-2H3. The Labute approximate surface area is 105 Å². The summed E-state index contributed by atoms with van der Waals surface area (Å²) in [4.78, 5) is 25.0. The minimum Gasteiger partial charge on any atom is -0.315 e. The van der Waals surface area contributed by atoms with Crippen molar-refractivity contribution >= 4 is 29.1 Å². The minimum absolute atomic E-state index is 0.0914. The maximum Gasteiger partial charge on any atom is 0.231 e. The molecule has 1 aromatic carbocycles. The fraction of sp³-hybridized carbons (Fsp3) is 0.385. The topological polar surface area (TPSA) is 37.4 Å². The Morgan fingerprint density at radius 3 is 2.94 bits per heavy atom. The molecular weight excluding hydrogens is 234 g/mol. The molecule has 0 aliphatic carbocycles. The SMILES string of the molecule is CSCCC(=O)c1ccc2c(c1)CC(=O)N2C. The van der Waals surface area contributed by atoms with Gasteiger partial charge in [-0.3, -0.25) is 9.59 Å². The highest BCUT2D eigenvalue weighted by Crippen LogP contribution is 2.28. The van der Waals surface area contributed by atoms with Gasteiger partial charge in [0, 0.05) is 30.5 Å². The van der Waals surface area contributed by atoms with Gasteiger partial charge in [0.25, 0.3) is 0 Å². The third-order valence-corrected chi connectivity index (χ3v) is 3.62. The Hall–Kier alpha value is -1.29. The Bertz CT molecular complexity index is 470. The van der Waals surface area contributed by atoms with Gasteiger partial charge in [-0.05, 0) is 30.0 Å². The first-order chi connectivity index (χ1) is 8.13. The molecule has 0 saturated carbocycles. The number of hydrogen-bond donors (Lipinski definition) is 0. The van der Waals surface area contributed by atoms with E-state index in [0.717, 1.165) is 22.6 Å². The molecule has 17 heavy (non-hydrogen) atoms. The monoisotopic (exact) mass is 249 g/mol. The molecule has 0 bridgehead atoms. The van der Waals surface area contributed by atoms with Gasteiger partial charge in [-0.2, -0.15) is 11.8 Å². The van der Waals surface area contributed by atoms with E-state index in [4.69, 9.17) is 0 Å². The van der Waals surface area contributed by atoms with E-state index in [1.54, 1.807) is 23.7 Å². The summed E-state index contributed by atoms with van der Waals surface area (Å²) >= 11 is 1.67. The predicted molar refractivity (Wildman–Crippen MR) is 70.9 cm³/mol. The van der Waals surface area contributed by atoms with Crippen LogP contribution < -0.4 is 4.90 Å². The molecule has 0 spiro atoms. The van der Waals surface area contributed by atoms with Crippen LogP contribution in [0.1, 0.15) is 22.3 Å². The van der Waals surface area contributed by atoms with Crippen molar-refractivity contribution in [3.8, 4) is 0 Å². The molecule has 1 aromatic rings. The summed E-state index contributed by atoms with van der Waals surface area (Å²) in [6.07, 6.45) is 2.96. The summed E-state index contributed by atoms with van der Waals surface area (Å²) in [7, 11) is 1.77. The number of ketones is 1. The molecule has 1 amide bonds. The molecule has 0 radical (unpaired) electrons. The van der Waals surface area contributed by atoms with Gasteiger partial charge in [0.1, 0.15) is 0 Å². The zero-order chi connectivity index (χ0) is 12.4. The van der Waals surface area contributed by atoms with Crippen molar-refractivity contribution in [1.82, 2.24) is 0 Å². The number of Topliss-reactive ketones (excluding diaryl/α,β-unsaturated/α-hetero) is 1. The lowest BCUT2D eigenvalue weighted by molar-refractivity contribution is -0.117. The second kappa shape index (κ2) is 4.92. The fourth-order valence-electron chi connectivity index (χ4n) is 1.98. The summed E-state index contributed by atoms with van der Waals surface area (Å²) in [5, 5.41) is 0. The Balaban J connectivity index is 2.21. The number of benzene rings is 1. The van der Waals surface area contributed by atoms with E-state index in [1.807, 2.05) is 24.5 Å². The van der Waals surface area contributed by atoms with Crippen molar-refractivity contribution in [1.29, 1.82) is 0 Å². The van der Waals surface area contributed by atoms with Crippen LogP contribution in [0, 0.1) is 0 Å². The molecule has 1 aliphatic heterocycles. The smallest absolute Gasteiger partial charge is 0.231 e. The number of hydrogen-bond acceptors (Lipinski definition) is 3. The van der Waals surface area contributed by atoms with Crippen LogP contribution in [-0.4, -0.2) is 30.7 Å². The second-order valence-corrected chi connectivity index (χ2v) is 5.12. The van der Waals surface area contributed by atoms with Gasteiger partial charge in [0.2, 0.25) is 5.91 Å². The number of thioether (sulfide) groups is 1. The van der Waals surface area contributed by atoms with E-state index < -0.39 is 0 Å². The molecule has 0 unspecified atom stereocenters. The molecule has 0 N–H and O–H groups in total. The normalized spacial score (nSPS) is 14.0. The van der Waals surface area contributed by atoms with Crippen LogP contribution in [0.15, 0.2) is 18.2 Å². The lowest BCUT2D eigenvalue weighted by Gasteiger charge is -2.10. The molecule has 0 fully saturated rings. The highest BCUT2D eigenvalue weighted by Gasteiger charge is 2.24.